The number of nitriles is 1. The monoisotopic (exact) mass is 257 g/mol. The van der Waals surface area contributed by atoms with Crippen LogP contribution in [-0.4, -0.2) is 10.1 Å². The Hall–Kier alpha value is -2.61. The molecule has 0 bridgehead atoms. The van der Waals surface area contributed by atoms with Crippen molar-refractivity contribution in [3.63, 3.8) is 0 Å². The first-order valence-electron chi connectivity index (χ1n) is 5.68. The summed E-state index contributed by atoms with van der Waals surface area (Å²) in [7, 11) is 0. The third-order valence-corrected chi connectivity index (χ3v) is 2.74. The maximum atomic E-state index is 13.6. The van der Waals surface area contributed by atoms with Crippen LogP contribution in [0.25, 0.3) is 0 Å². The highest BCUT2D eigenvalue weighted by atomic mass is 19.1. The number of aromatic hydroxyl groups is 1. The van der Waals surface area contributed by atoms with Crippen molar-refractivity contribution in [1.82, 2.24) is 4.98 Å². The highest BCUT2D eigenvalue weighted by Crippen LogP contribution is 2.21. The van der Waals surface area contributed by atoms with E-state index in [1.54, 1.807) is 19.1 Å². The summed E-state index contributed by atoms with van der Waals surface area (Å²) in [4.78, 5) is 4.02. The summed E-state index contributed by atoms with van der Waals surface area (Å²) in [5.74, 6) is -0.322. The van der Waals surface area contributed by atoms with Crippen LogP contribution >= 0.6 is 0 Å². The van der Waals surface area contributed by atoms with Crippen LogP contribution in [0.5, 0.6) is 5.75 Å². The van der Waals surface area contributed by atoms with E-state index in [4.69, 9.17) is 10.4 Å². The third-order valence-electron chi connectivity index (χ3n) is 2.74. The summed E-state index contributed by atoms with van der Waals surface area (Å²) < 4.78 is 13.6. The van der Waals surface area contributed by atoms with Gasteiger partial charge in [0, 0.05) is 11.3 Å². The van der Waals surface area contributed by atoms with E-state index in [-0.39, 0.29) is 11.3 Å². The van der Waals surface area contributed by atoms with Gasteiger partial charge in [-0.15, -0.1) is 0 Å². The molecule has 0 saturated carbocycles. The number of nitrogens with one attached hydrogen (secondary N) is 1. The van der Waals surface area contributed by atoms with Crippen LogP contribution in [0.15, 0.2) is 30.5 Å². The van der Waals surface area contributed by atoms with Crippen molar-refractivity contribution in [1.29, 1.82) is 5.26 Å². The van der Waals surface area contributed by atoms with E-state index < -0.39 is 5.82 Å². The number of halogens is 1. The molecule has 0 amide bonds. The van der Waals surface area contributed by atoms with Gasteiger partial charge in [0.15, 0.2) is 0 Å². The fourth-order valence-electron chi connectivity index (χ4n) is 1.63. The largest absolute Gasteiger partial charge is 0.506 e. The van der Waals surface area contributed by atoms with Gasteiger partial charge in [-0.05, 0) is 31.2 Å². The third kappa shape index (κ3) is 2.99. The highest BCUT2D eigenvalue weighted by molar-refractivity contribution is 5.55. The zero-order valence-electron chi connectivity index (χ0n) is 10.3. The molecule has 4 nitrogen and oxygen atoms in total. The fourth-order valence-corrected chi connectivity index (χ4v) is 1.63. The number of nitrogens with zero attached hydrogens (tertiary/aromatic N) is 2. The number of anilines is 1. The van der Waals surface area contributed by atoms with E-state index in [9.17, 15) is 4.39 Å². The lowest BCUT2D eigenvalue weighted by Gasteiger charge is -2.10. The lowest BCUT2D eigenvalue weighted by Crippen LogP contribution is -2.04. The van der Waals surface area contributed by atoms with Crippen LogP contribution in [0.1, 0.15) is 16.8 Å². The molecule has 2 N–H and O–H groups in total. The molecule has 0 aliphatic heterocycles. The number of benzene rings is 1. The van der Waals surface area contributed by atoms with Gasteiger partial charge in [-0.2, -0.15) is 5.26 Å². The Labute approximate surface area is 110 Å². The minimum Gasteiger partial charge on any atom is -0.506 e. The van der Waals surface area contributed by atoms with E-state index in [2.05, 4.69) is 10.3 Å². The van der Waals surface area contributed by atoms with Gasteiger partial charge in [0.25, 0.3) is 0 Å². The molecule has 2 aromatic rings. The van der Waals surface area contributed by atoms with Crippen molar-refractivity contribution in [3.05, 3.63) is 53.1 Å². The molecule has 0 atom stereocenters. The normalized spacial score (nSPS) is 9.95. The summed E-state index contributed by atoms with van der Waals surface area (Å²) >= 11 is 0. The van der Waals surface area contributed by atoms with Gasteiger partial charge in [-0.1, -0.05) is 0 Å². The average molecular weight is 257 g/mol. The Morgan fingerprint density at radius 3 is 2.84 bits per heavy atom. The zero-order valence-corrected chi connectivity index (χ0v) is 10.3. The molecule has 0 spiro atoms. The summed E-state index contributed by atoms with van der Waals surface area (Å²) in [6.07, 6.45) is 1.34. The number of rotatable bonds is 3. The van der Waals surface area contributed by atoms with Gasteiger partial charge in [0.2, 0.25) is 0 Å². The van der Waals surface area contributed by atoms with Gasteiger partial charge in [0.1, 0.15) is 11.6 Å². The standard InChI is InChI=1S/C14H12FN3O/c1-9-13(15)4-10(6-16)5-14(9)18-7-11-2-3-12(19)8-17-11/h2-5,8,18-19H,7H2,1H3. The maximum absolute atomic E-state index is 13.6. The van der Waals surface area contributed by atoms with E-state index in [1.165, 1.54) is 18.3 Å². The summed E-state index contributed by atoms with van der Waals surface area (Å²) in [6, 6.07) is 7.92. The molecule has 1 aromatic heterocycles. The molecule has 0 radical (unpaired) electrons. The molecule has 0 aliphatic carbocycles. The van der Waals surface area contributed by atoms with Crippen molar-refractivity contribution >= 4 is 5.69 Å². The fraction of sp³-hybridized carbons (Fsp3) is 0.143. The first-order valence-corrected chi connectivity index (χ1v) is 5.68. The molecule has 96 valence electrons. The van der Waals surface area contributed by atoms with Crippen molar-refractivity contribution < 1.29 is 9.50 Å². The lowest BCUT2D eigenvalue weighted by molar-refractivity contribution is 0.472. The molecule has 0 unspecified atom stereocenters. The number of hydrogen-bond acceptors (Lipinski definition) is 4. The van der Waals surface area contributed by atoms with Crippen LogP contribution in [0.3, 0.4) is 0 Å². The smallest absolute Gasteiger partial charge is 0.133 e. The topological polar surface area (TPSA) is 68.9 Å². The van der Waals surface area contributed by atoms with Crippen LogP contribution < -0.4 is 5.32 Å². The number of hydrogen-bond donors (Lipinski definition) is 2. The van der Waals surface area contributed by atoms with E-state index in [0.717, 1.165) is 0 Å². The number of aromatic nitrogens is 1. The maximum Gasteiger partial charge on any atom is 0.133 e. The molecule has 0 saturated heterocycles. The van der Waals surface area contributed by atoms with Crippen molar-refractivity contribution in [3.8, 4) is 11.8 Å². The van der Waals surface area contributed by atoms with E-state index in [1.807, 2.05) is 6.07 Å². The quantitative estimate of drug-likeness (QED) is 0.887. The predicted molar refractivity (Wildman–Crippen MR) is 69.1 cm³/mol. The minimum absolute atomic E-state index is 0.0949. The Kier molecular flexibility index (Phi) is 3.62. The molecule has 1 heterocycles. The van der Waals surface area contributed by atoms with E-state index in [0.29, 0.717) is 23.5 Å². The zero-order chi connectivity index (χ0) is 13.8. The molecule has 1 aromatic carbocycles. The Morgan fingerprint density at radius 2 is 2.21 bits per heavy atom. The van der Waals surface area contributed by atoms with E-state index >= 15 is 0 Å². The summed E-state index contributed by atoms with van der Waals surface area (Å²) in [6.45, 7) is 2.03. The second-order valence-corrected chi connectivity index (χ2v) is 4.10. The number of pyridine rings is 1. The van der Waals surface area contributed by atoms with Crippen LogP contribution in [-0.2, 0) is 6.54 Å². The first-order chi connectivity index (χ1) is 9.10. The van der Waals surface area contributed by atoms with Crippen LogP contribution in [0.2, 0.25) is 0 Å². The van der Waals surface area contributed by atoms with Gasteiger partial charge in [-0.3, -0.25) is 4.98 Å². The van der Waals surface area contributed by atoms with Crippen LogP contribution in [0, 0.1) is 24.1 Å². The van der Waals surface area contributed by atoms with Gasteiger partial charge < -0.3 is 10.4 Å². The molecular formula is C14H12FN3O. The predicted octanol–water partition coefficient (Wildman–Crippen LogP) is 2.72. The van der Waals surface area contributed by atoms with Gasteiger partial charge in [0.05, 0.1) is 30.1 Å². The average Bonchev–Trinajstić information content (AvgIpc) is 2.42. The lowest BCUT2D eigenvalue weighted by atomic mass is 10.1. The molecule has 0 aliphatic rings. The summed E-state index contributed by atoms with van der Waals surface area (Å²) in [5, 5.41) is 21.0. The SMILES string of the molecule is Cc1c(F)cc(C#N)cc1NCc1ccc(O)cn1. The molecule has 19 heavy (non-hydrogen) atoms. The second kappa shape index (κ2) is 5.36. The second-order valence-electron chi connectivity index (χ2n) is 4.10. The van der Waals surface area contributed by atoms with Crippen LogP contribution in [0.4, 0.5) is 10.1 Å². The van der Waals surface area contributed by atoms with Crippen molar-refractivity contribution in [2.75, 3.05) is 5.32 Å². The van der Waals surface area contributed by atoms with Gasteiger partial charge in [-0.25, -0.2) is 4.39 Å². The molecular weight excluding hydrogens is 245 g/mol. The summed E-state index contributed by atoms with van der Waals surface area (Å²) in [5.41, 5.74) is 1.99. The minimum atomic E-state index is -0.416. The molecule has 5 heteroatoms. The first kappa shape index (κ1) is 12.8. The Morgan fingerprint density at radius 1 is 1.42 bits per heavy atom. The molecule has 2 rings (SSSR count). The molecule has 0 fully saturated rings. The van der Waals surface area contributed by atoms with Crippen molar-refractivity contribution in [2.24, 2.45) is 0 Å². The van der Waals surface area contributed by atoms with Crippen molar-refractivity contribution in [2.45, 2.75) is 13.5 Å². The Balaban J connectivity index is 2.17. The Bertz CT molecular complexity index is 632. The highest BCUT2D eigenvalue weighted by Gasteiger charge is 2.07. The van der Waals surface area contributed by atoms with Gasteiger partial charge >= 0.3 is 0 Å².